The maximum Gasteiger partial charge on any atom is 0.290 e. The Morgan fingerprint density at radius 1 is 1.57 bits per heavy atom. The molecule has 0 bridgehead atoms. The molecule has 0 saturated carbocycles. The van der Waals surface area contributed by atoms with Crippen molar-refractivity contribution in [2.24, 2.45) is 0 Å². The standard InChI is InChI=1S/C2H3NO2S2/c4-7(5)3-1-2-6-7/h1-3H. The molecule has 0 spiro atoms. The van der Waals surface area contributed by atoms with Crippen LogP contribution in [0, 0.1) is 0 Å². The highest BCUT2D eigenvalue weighted by atomic mass is 33.1. The lowest BCUT2D eigenvalue weighted by atomic mass is 11.1. The average Bonchev–Trinajstić information content (AvgIpc) is 1.84. The van der Waals surface area contributed by atoms with Crippen LogP contribution in [0.5, 0.6) is 0 Å². The van der Waals surface area contributed by atoms with E-state index >= 15 is 0 Å². The Kier molecular flexibility index (Phi) is 1.01. The summed E-state index contributed by atoms with van der Waals surface area (Å²) in [5.74, 6) is 0. The van der Waals surface area contributed by atoms with Crippen molar-refractivity contribution in [3.63, 3.8) is 0 Å². The molecule has 0 amide bonds. The fourth-order valence-corrected chi connectivity index (χ4v) is 1.82. The molecule has 5 heteroatoms. The summed E-state index contributed by atoms with van der Waals surface area (Å²) in [6.07, 6.45) is 1.39. The van der Waals surface area contributed by atoms with E-state index in [1.54, 1.807) is 0 Å². The van der Waals surface area contributed by atoms with Crippen LogP contribution in [-0.2, 0) is 9.06 Å². The van der Waals surface area contributed by atoms with Crippen molar-refractivity contribution >= 4 is 19.8 Å². The zero-order chi connectivity index (χ0) is 5.33. The molecule has 1 aliphatic heterocycles. The van der Waals surface area contributed by atoms with Gasteiger partial charge in [-0.1, -0.05) is 0 Å². The van der Waals surface area contributed by atoms with E-state index < -0.39 is 9.06 Å². The second kappa shape index (κ2) is 1.41. The number of hydrogen-bond donors (Lipinski definition) is 1. The molecule has 0 unspecified atom stereocenters. The molecule has 0 aromatic heterocycles. The van der Waals surface area contributed by atoms with Gasteiger partial charge in [0.1, 0.15) is 0 Å². The van der Waals surface area contributed by atoms with E-state index in [1.807, 2.05) is 0 Å². The second-order valence-corrected chi connectivity index (χ2v) is 4.47. The Bertz CT molecular complexity index is 166. The van der Waals surface area contributed by atoms with Crippen LogP contribution in [0.2, 0.25) is 0 Å². The van der Waals surface area contributed by atoms with Gasteiger partial charge in [-0.15, -0.1) is 0 Å². The average molecular weight is 137 g/mol. The predicted octanol–water partition coefficient (Wildman–Crippen LogP) is 0.0388. The first kappa shape index (κ1) is 4.99. The quantitative estimate of drug-likeness (QED) is 0.479. The summed E-state index contributed by atoms with van der Waals surface area (Å²) in [5, 5.41) is 1.48. The summed E-state index contributed by atoms with van der Waals surface area (Å²) in [5.41, 5.74) is 0. The van der Waals surface area contributed by atoms with E-state index in [2.05, 4.69) is 4.72 Å². The normalized spacial score (nSPS) is 24.6. The van der Waals surface area contributed by atoms with Gasteiger partial charge >= 0.3 is 0 Å². The maximum atomic E-state index is 10.2. The molecule has 7 heavy (non-hydrogen) atoms. The van der Waals surface area contributed by atoms with Crippen molar-refractivity contribution in [1.82, 2.24) is 4.72 Å². The predicted molar refractivity (Wildman–Crippen MR) is 28.8 cm³/mol. The molecule has 0 aromatic carbocycles. The lowest BCUT2D eigenvalue weighted by molar-refractivity contribution is 0.606. The SMILES string of the molecule is O=S1(=O)NC=CS1. The summed E-state index contributed by atoms with van der Waals surface area (Å²) < 4.78 is 22.6. The molecule has 0 atom stereocenters. The monoisotopic (exact) mass is 137 g/mol. The van der Waals surface area contributed by atoms with E-state index in [4.69, 9.17) is 0 Å². The van der Waals surface area contributed by atoms with Crippen LogP contribution in [0.15, 0.2) is 11.6 Å². The molecule has 1 rings (SSSR count). The largest absolute Gasteiger partial charge is 0.290 e. The van der Waals surface area contributed by atoms with Crippen LogP contribution < -0.4 is 4.72 Å². The summed E-state index contributed by atoms with van der Waals surface area (Å²) in [6, 6.07) is 0. The van der Waals surface area contributed by atoms with Crippen LogP contribution in [0.1, 0.15) is 0 Å². The van der Waals surface area contributed by atoms with Gasteiger partial charge < -0.3 is 0 Å². The van der Waals surface area contributed by atoms with E-state index in [0.717, 1.165) is 10.8 Å². The van der Waals surface area contributed by atoms with Gasteiger partial charge in [0.25, 0.3) is 9.06 Å². The van der Waals surface area contributed by atoms with Gasteiger partial charge in [-0.05, 0) is 0 Å². The Labute approximate surface area is 45.2 Å². The highest BCUT2D eigenvalue weighted by Crippen LogP contribution is 2.15. The third kappa shape index (κ3) is 1.10. The molecule has 1 aliphatic rings. The zero-order valence-electron chi connectivity index (χ0n) is 3.29. The van der Waals surface area contributed by atoms with E-state index in [1.165, 1.54) is 11.6 Å². The van der Waals surface area contributed by atoms with Crippen molar-refractivity contribution in [3.05, 3.63) is 11.6 Å². The fourth-order valence-electron chi connectivity index (χ4n) is 0.240. The smallest absolute Gasteiger partial charge is 0.281 e. The van der Waals surface area contributed by atoms with Crippen LogP contribution in [0.4, 0.5) is 0 Å². The van der Waals surface area contributed by atoms with E-state index in [-0.39, 0.29) is 0 Å². The van der Waals surface area contributed by atoms with Crippen LogP contribution >= 0.6 is 10.8 Å². The minimum atomic E-state index is -2.99. The topological polar surface area (TPSA) is 46.2 Å². The molecular formula is C2H3NO2S2. The molecular weight excluding hydrogens is 134 g/mol. The van der Waals surface area contributed by atoms with Gasteiger partial charge in [0.05, 0.1) is 0 Å². The van der Waals surface area contributed by atoms with Gasteiger partial charge in [-0.2, -0.15) is 8.42 Å². The van der Waals surface area contributed by atoms with Crippen LogP contribution in [0.25, 0.3) is 0 Å². The van der Waals surface area contributed by atoms with E-state index in [9.17, 15) is 8.42 Å². The van der Waals surface area contributed by atoms with Crippen molar-refractivity contribution in [2.45, 2.75) is 0 Å². The first-order chi connectivity index (χ1) is 3.21. The minimum Gasteiger partial charge on any atom is -0.281 e. The molecule has 0 aliphatic carbocycles. The molecule has 40 valence electrons. The van der Waals surface area contributed by atoms with Crippen molar-refractivity contribution in [1.29, 1.82) is 0 Å². The summed E-state index contributed by atoms with van der Waals surface area (Å²) in [4.78, 5) is 0. The third-order valence-electron chi connectivity index (χ3n) is 0.463. The van der Waals surface area contributed by atoms with Gasteiger partial charge in [0.15, 0.2) is 0 Å². The Morgan fingerprint density at radius 3 is 2.43 bits per heavy atom. The number of rotatable bonds is 0. The number of hydrogen-bond acceptors (Lipinski definition) is 3. The van der Waals surface area contributed by atoms with Gasteiger partial charge in [-0.25, -0.2) is 0 Å². The Morgan fingerprint density at radius 2 is 2.29 bits per heavy atom. The molecule has 1 heterocycles. The molecule has 0 aromatic rings. The summed E-state index contributed by atoms with van der Waals surface area (Å²) >= 11 is 0. The van der Waals surface area contributed by atoms with Gasteiger partial charge in [-0.3, -0.25) is 4.72 Å². The minimum absolute atomic E-state index is 0.780. The van der Waals surface area contributed by atoms with Crippen molar-refractivity contribution in [2.75, 3.05) is 0 Å². The first-order valence-electron chi connectivity index (χ1n) is 1.56. The third-order valence-corrected chi connectivity index (χ3v) is 2.77. The molecule has 0 saturated heterocycles. The van der Waals surface area contributed by atoms with Gasteiger partial charge in [0.2, 0.25) is 0 Å². The van der Waals surface area contributed by atoms with Crippen LogP contribution in [-0.4, -0.2) is 8.42 Å². The Balaban J connectivity index is 2.88. The summed E-state index contributed by atoms with van der Waals surface area (Å²) in [6.45, 7) is 0. The molecule has 0 radical (unpaired) electrons. The lowest BCUT2D eigenvalue weighted by Crippen LogP contribution is -2.06. The highest BCUT2D eigenvalue weighted by Gasteiger charge is 2.09. The molecule has 0 fully saturated rings. The van der Waals surface area contributed by atoms with Crippen LogP contribution in [0.3, 0.4) is 0 Å². The zero-order valence-corrected chi connectivity index (χ0v) is 4.92. The first-order valence-corrected chi connectivity index (χ1v) is 4.44. The van der Waals surface area contributed by atoms with Crippen molar-refractivity contribution in [3.8, 4) is 0 Å². The Hall–Kier alpha value is -0.160. The maximum absolute atomic E-state index is 10.2. The molecule has 3 nitrogen and oxygen atoms in total. The number of nitrogens with one attached hydrogen (secondary N) is 1. The molecule has 1 N–H and O–H groups in total. The van der Waals surface area contributed by atoms with Gasteiger partial charge in [0, 0.05) is 22.4 Å². The lowest BCUT2D eigenvalue weighted by Gasteiger charge is -1.85. The van der Waals surface area contributed by atoms with Crippen molar-refractivity contribution < 1.29 is 8.42 Å². The highest BCUT2D eigenvalue weighted by molar-refractivity contribution is 8.72. The summed E-state index contributed by atoms with van der Waals surface area (Å²) in [7, 11) is -2.21. The second-order valence-electron chi connectivity index (χ2n) is 0.971. The fraction of sp³-hybridized carbons (Fsp3) is 0. The van der Waals surface area contributed by atoms with E-state index in [0.29, 0.717) is 0 Å².